The average Bonchev–Trinajstić information content (AvgIpc) is 3.25. The molecule has 0 bridgehead atoms. The summed E-state index contributed by atoms with van der Waals surface area (Å²) in [5.41, 5.74) is 3.07. The Hall–Kier alpha value is -3.59. The molecule has 4 rings (SSSR count). The Labute approximate surface area is 192 Å². The maximum Gasteiger partial charge on any atom is 0.256 e. The number of aromatic nitrogens is 1. The fourth-order valence-electron chi connectivity index (χ4n) is 3.73. The summed E-state index contributed by atoms with van der Waals surface area (Å²) in [6.45, 7) is 0.301. The number of sulfone groups is 1. The summed E-state index contributed by atoms with van der Waals surface area (Å²) in [5, 5.41) is 2.88. The number of benzene rings is 2. The highest BCUT2D eigenvalue weighted by atomic mass is 32.2. The number of para-hydroxylation sites is 1. The number of carbonyl (C=O) groups is 1. The van der Waals surface area contributed by atoms with Crippen LogP contribution in [0, 0.1) is 0 Å². The number of nitrogens with one attached hydrogen (secondary N) is 1. The van der Waals surface area contributed by atoms with Crippen molar-refractivity contribution >= 4 is 15.7 Å². The molecule has 0 fully saturated rings. The van der Waals surface area contributed by atoms with Gasteiger partial charge in [0, 0.05) is 24.3 Å². The van der Waals surface area contributed by atoms with Crippen molar-refractivity contribution in [1.82, 2.24) is 10.3 Å². The predicted molar refractivity (Wildman–Crippen MR) is 123 cm³/mol. The summed E-state index contributed by atoms with van der Waals surface area (Å²) >= 11 is 0. The molecule has 2 aromatic carbocycles. The lowest BCUT2D eigenvalue weighted by Gasteiger charge is -2.14. The maximum absolute atomic E-state index is 12.7. The third kappa shape index (κ3) is 4.78. The number of hydrogen-bond acceptors (Lipinski definition) is 7. The molecule has 0 aliphatic carbocycles. The molecule has 0 saturated heterocycles. The number of nitrogens with zero attached hydrogens (tertiary/aromatic N) is 1. The summed E-state index contributed by atoms with van der Waals surface area (Å²) in [6, 6.07) is 15.8. The third-order valence-electron chi connectivity index (χ3n) is 5.39. The largest absolute Gasteiger partial charge is 0.487 e. The molecule has 1 amide bonds. The Morgan fingerprint density at radius 1 is 1.09 bits per heavy atom. The summed E-state index contributed by atoms with van der Waals surface area (Å²) in [6.07, 6.45) is 1.59. The van der Waals surface area contributed by atoms with Crippen molar-refractivity contribution < 1.29 is 27.4 Å². The van der Waals surface area contributed by atoms with E-state index in [4.69, 9.17) is 14.2 Å². The first-order valence-electron chi connectivity index (χ1n) is 10.3. The number of amides is 1. The highest BCUT2D eigenvalue weighted by molar-refractivity contribution is 7.90. The van der Waals surface area contributed by atoms with Crippen LogP contribution in [0.5, 0.6) is 17.5 Å². The number of ether oxygens (including phenoxy) is 3. The van der Waals surface area contributed by atoms with Crippen molar-refractivity contribution in [3.8, 4) is 28.6 Å². The summed E-state index contributed by atoms with van der Waals surface area (Å²) in [7, 11) is -0.327. The molecule has 9 heteroatoms. The molecule has 1 unspecified atom stereocenters. The topological polar surface area (TPSA) is 104 Å². The van der Waals surface area contributed by atoms with Gasteiger partial charge in [-0.1, -0.05) is 30.3 Å². The van der Waals surface area contributed by atoms with E-state index in [2.05, 4.69) is 10.3 Å². The van der Waals surface area contributed by atoms with E-state index >= 15 is 0 Å². The van der Waals surface area contributed by atoms with Gasteiger partial charge in [-0.3, -0.25) is 4.79 Å². The Bertz CT molecular complexity index is 1290. The van der Waals surface area contributed by atoms with Crippen molar-refractivity contribution in [1.29, 1.82) is 0 Å². The Kier molecular flexibility index (Phi) is 6.24. The molecule has 0 saturated carbocycles. The maximum atomic E-state index is 12.7. The fraction of sp³-hybridized carbons (Fsp3) is 0.250. The molecule has 172 valence electrons. The number of fused-ring (bicyclic) bond motifs is 1. The first kappa shape index (κ1) is 22.6. The average molecular weight is 469 g/mol. The standard InChI is InChI=1S/C24H24N2O6S/c1-30-21-12-11-20(24(26-21)31-2)23(27)25-14-17-13-16-5-4-6-19(22(16)32-17)15-7-9-18(10-8-15)33(3,28)29/h4-12,17H,13-14H2,1-3H3,(H,25,27). The Morgan fingerprint density at radius 2 is 1.85 bits per heavy atom. The van der Waals surface area contributed by atoms with E-state index in [1.54, 1.807) is 36.4 Å². The molecule has 2 heterocycles. The van der Waals surface area contributed by atoms with Gasteiger partial charge in [-0.15, -0.1) is 0 Å². The van der Waals surface area contributed by atoms with E-state index in [-0.39, 0.29) is 22.8 Å². The second kappa shape index (κ2) is 9.11. The Balaban J connectivity index is 1.47. The predicted octanol–water partition coefficient (Wildman–Crippen LogP) is 2.90. The van der Waals surface area contributed by atoms with Crippen LogP contribution in [0.15, 0.2) is 59.5 Å². The van der Waals surface area contributed by atoms with Gasteiger partial charge in [0.2, 0.25) is 11.8 Å². The number of hydrogen-bond donors (Lipinski definition) is 1. The summed E-state index contributed by atoms with van der Waals surface area (Å²) in [5.74, 6) is 0.961. The van der Waals surface area contributed by atoms with Crippen LogP contribution < -0.4 is 19.5 Å². The Morgan fingerprint density at radius 3 is 2.52 bits per heavy atom. The number of pyridine rings is 1. The minimum Gasteiger partial charge on any atom is -0.487 e. The van der Waals surface area contributed by atoms with Crippen molar-refractivity contribution in [3.05, 3.63) is 65.7 Å². The second-order valence-electron chi connectivity index (χ2n) is 7.65. The van der Waals surface area contributed by atoms with Crippen molar-refractivity contribution in [2.24, 2.45) is 0 Å². The van der Waals surface area contributed by atoms with Crippen LogP contribution in [-0.4, -0.2) is 52.4 Å². The lowest BCUT2D eigenvalue weighted by molar-refractivity contribution is 0.0929. The lowest BCUT2D eigenvalue weighted by Crippen LogP contribution is -2.34. The normalized spacial score (nSPS) is 14.8. The molecular formula is C24H24N2O6S. The molecule has 1 N–H and O–H groups in total. The van der Waals surface area contributed by atoms with E-state index in [1.165, 1.54) is 20.5 Å². The first-order chi connectivity index (χ1) is 15.8. The van der Waals surface area contributed by atoms with Gasteiger partial charge in [0.05, 0.1) is 25.7 Å². The van der Waals surface area contributed by atoms with Crippen LogP contribution in [0.1, 0.15) is 15.9 Å². The van der Waals surface area contributed by atoms with E-state index < -0.39 is 9.84 Å². The molecule has 1 aliphatic rings. The van der Waals surface area contributed by atoms with Crippen LogP contribution in [0.25, 0.3) is 11.1 Å². The van der Waals surface area contributed by atoms with Gasteiger partial charge in [0.15, 0.2) is 9.84 Å². The van der Waals surface area contributed by atoms with Crippen molar-refractivity contribution in [2.45, 2.75) is 17.4 Å². The number of carbonyl (C=O) groups excluding carboxylic acids is 1. The molecule has 1 atom stereocenters. The van der Waals surface area contributed by atoms with Crippen LogP contribution in [0.2, 0.25) is 0 Å². The highest BCUT2D eigenvalue weighted by Gasteiger charge is 2.27. The molecule has 33 heavy (non-hydrogen) atoms. The monoisotopic (exact) mass is 468 g/mol. The van der Waals surface area contributed by atoms with Crippen LogP contribution in [0.3, 0.4) is 0 Å². The van der Waals surface area contributed by atoms with E-state index in [0.29, 0.717) is 24.4 Å². The minimum atomic E-state index is -3.26. The van der Waals surface area contributed by atoms with Gasteiger partial charge in [-0.2, -0.15) is 4.98 Å². The third-order valence-corrected chi connectivity index (χ3v) is 6.52. The van der Waals surface area contributed by atoms with E-state index in [1.807, 2.05) is 18.2 Å². The summed E-state index contributed by atoms with van der Waals surface area (Å²) < 4.78 is 39.9. The fourth-order valence-corrected chi connectivity index (χ4v) is 4.36. The second-order valence-corrected chi connectivity index (χ2v) is 9.67. The zero-order valence-electron chi connectivity index (χ0n) is 18.5. The minimum absolute atomic E-state index is 0.183. The molecule has 0 radical (unpaired) electrons. The smallest absolute Gasteiger partial charge is 0.256 e. The van der Waals surface area contributed by atoms with Gasteiger partial charge >= 0.3 is 0 Å². The quantitative estimate of drug-likeness (QED) is 0.569. The number of methoxy groups -OCH3 is 2. The van der Waals surface area contributed by atoms with Crippen LogP contribution in [0.4, 0.5) is 0 Å². The van der Waals surface area contributed by atoms with Crippen molar-refractivity contribution in [2.75, 3.05) is 27.0 Å². The van der Waals surface area contributed by atoms with Gasteiger partial charge in [-0.25, -0.2) is 8.42 Å². The van der Waals surface area contributed by atoms with E-state index in [9.17, 15) is 13.2 Å². The van der Waals surface area contributed by atoms with Gasteiger partial charge < -0.3 is 19.5 Å². The summed E-state index contributed by atoms with van der Waals surface area (Å²) in [4.78, 5) is 17.1. The first-order valence-corrected chi connectivity index (χ1v) is 12.2. The highest BCUT2D eigenvalue weighted by Crippen LogP contribution is 2.39. The van der Waals surface area contributed by atoms with Gasteiger partial charge in [0.1, 0.15) is 17.4 Å². The molecule has 1 aliphatic heterocycles. The van der Waals surface area contributed by atoms with Crippen molar-refractivity contribution in [3.63, 3.8) is 0 Å². The molecule has 1 aromatic heterocycles. The molecule has 3 aromatic rings. The van der Waals surface area contributed by atoms with Crippen LogP contribution >= 0.6 is 0 Å². The van der Waals surface area contributed by atoms with Crippen LogP contribution in [-0.2, 0) is 16.3 Å². The number of rotatable bonds is 7. The van der Waals surface area contributed by atoms with E-state index in [0.717, 1.165) is 22.4 Å². The zero-order chi connectivity index (χ0) is 23.6. The molecule has 8 nitrogen and oxygen atoms in total. The van der Waals surface area contributed by atoms with Gasteiger partial charge in [0.25, 0.3) is 5.91 Å². The lowest BCUT2D eigenvalue weighted by atomic mass is 10.0. The zero-order valence-corrected chi connectivity index (χ0v) is 19.3. The molecule has 0 spiro atoms. The molecular weight excluding hydrogens is 444 g/mol. The van der Waals surface area contributed by atoms with Gasteiger partial charge in [-0.05, 0) is 29.3 Å². The SMILES string of the molecule is COc1ccc(C(=O)NCC2Cc3cccc(-c4ccc(S(C)(=O)=O)cc4)c3O2)c(OC)n1.